The van der Waals surface area contributed by atoms with Crippen LogP contribution in [0.2, 0.25) is 0 Å². The molecule has 3 rings (SSSR count). The van der Waals surface area contributed by atoms with Crippen molar-refractivity contribution < 1.29 is 14.3 Å². The van der Waals surface area contributed by atoms with Crippen molar-refractivity contribution in [2.45, 2.75) is 46.1 Å². The molecule has 1 aliphatic heterocycles. The third-order valence-electron chi connectivity index (χ3n) is 6.25. The Morgan fingerprint density at radius 1 is 0.939 bits per heavy atom. The minimum Gasteiger partial charge on any atom is -0.495 e. The zero-order valence-electron chi connectivity index (χ0n) is 20.7. The number of rotatable bonds is 6. The monoisotopic (exact) mass is 451 g/mol. The lowest BCUT2D eigenvalue weighted by atomic mass is 9.86. The molecule has 2 aromatic rings. The maximum atomic E-state index is 13.3. The van der Waals surface area contributed by atoms with Crippen LogP contribution < -0.4 is 15.0 Å². The van der Waals surface area contributed by atoms with E-state index in [0.29, 0.717) is 18.7 Å². The Hall–Kier alpha value is -3.02. The molecule has 1 N–H and O–H groups in total. The third-order valence-corrected chi connectivity index (χ3v) is 6.25. The fourth-order valence-electron chi connectivity index (χ4n) is 4.12. The van der Waals surface area contributed by atoms with Crippen molar-refractivity contribution in [2.75, 3.05) is 38.2 Å². The zero-order chi connectivity index (χ0) is 24.2. The molecular formula is C27H37N3O3. The summed E-state index contributed by atoms with van der Waals surface area (Å²) in [6, 6.07) is 15.0. The highest BCUT2D eigenvalue weighted by molar-refractivity contribution is 5.97. The highest BCUT2D eigenvalue weighted by atomic mass is 16.5. The Bertz CT molecular complexity index is 955. The van der Waals surface area contributed by atoms with Crippen molar-refractivity contribution in [3.05, 3.63) is 59.7 Å². The van der Waals surface area contributed by atoms with Gasteiger partial charge in [0.1, 0.15) is 11.8 Å². The molecule has 178 valence electrons. The molecule has 1 atom stereocenters. The van der Waals surface area contributed by atoms with Gasteiger partial charge in [0, 0.05) is 31.7 Å². The predicted molar refractivity (Wildman–Crippen MR) is 133 cm³/mol. The third kappa shape index (κ3) is 5.86. The number of benzene rings is 2. The molecule has 1 aliphatic rings. The number of ether oxygens (including phenoxy) is 1. The molecule has 1 fully saturated rings. The van der Waals surface area contributed by atoms with Crippen LogP contribution in [0.1, 0.15) is 50.5 Å². The number of para-hydroxylation sites is 2. The average Bonchev–Trinajstić information content (AvgIpc) is 2.81. The van der Waals surface area contributed by atoms with Gasteiger partial charge >= 0.3 is 0 Å². The summed E-state index contributed by atoms with van der Waals surface area (Å²) in [6.45, 7) is 13.0. The number of anilines is 1. The summed E-state index contributed by atoms with van der Waals surface area (Å²) < 4.78 is 5.48. The van der Waals surface area contributed by atoms with Crippen molar-refractivity contribution in [3.8, 4) is 5.75 Å². The molecule has 6 heteroatoms. The Kier molecular flexibility index (Phi) is 7.67. The molecule has 0 saturated carbocycles. The first-order valence-corrected chi connectivity index (χ1v) is 11.7. The fourth-order valence-corrected chi connectivity index (χ4v) is 4.12. The quantitative estimate of drug-likeness (QED) is 0.718. The van der Waals surface area contributed by atoms with Crippen LogP contribution in [-0.2, 0) is 10.2 Å². The van der Waals surface area contributed by atoms with Crippen LogP contribution in [0.25, 0.3) is 0 Å². The first-order valence-electron chi connectivity index (χ1n) is 11.7. The zero-order valence-corrected chi connectivity index (χ0v) is 20.7. The maximum absolute atomic E-state index is 13.3. The van der Waals surface area contributed by atoms with E-state index >= 15 is 0 Å². The molecule has 0 aromatic heterocycles. The molecule has 6 nitrogen and oxygen atoms in total. The second kappa shape index (κ2) is 10.3. The molecule has 0 radical (unpaired) electrons. The SMILES string of the molecule is COc1ccccc1N1CCN(C(=O)C(NC(=O)c2ccc(C(C)(C)C)cc2)C(C)C)CC1. The Morgan fingerprint density at radius 3 is 2.09 bits per heavy atom. The van der Waals surface area contributed by atoms with Crippen LogP contribution >= 0.6 is 0 Å². The Labute approximate surface area is 197 Å². The number of nitrogens with one attached hydrogen (secondary N) is 1. The minimum absolute atomic E-state index is 0.0115. The van der Waals surface area contributed by atoms with Gasteiger partial charge in [0.15, 0.2) is 0 Å². The number of carbonyl (C=O) groups excluding carboxylic acids is 2. The standard InChI is InChI=1S/C27H37N3O3/c1-19(2)24(28-25(31)20-11-13-21(14-12-20)27(3,4)5)26(32)30-17-15-29(16-18-30)22-9-7-8-10-23(22)33-6/h7-14,19,24H,15-18H2,1-6H3,(H,28,31). The molecule has 1 unspecified atom stereocenters. The van der Waals surface area contributed by atoms with Gasteiger partial charge in [0.25, 0.3) is 5.91 Å². The highest BCUT2D eigenvalue weighted by Crippen LogP contribution is 2.28. The van der Waals surface area contributed by atoms with Gasteiger partial charge in [0.05, 0.1) is 12.8 Å². The number of hydrogen-bond acceptors (Lipinski definition) is 4. The maximum Gasteiger partial charge on any atom is 0.251 e. The van der Waals surface area contributed by atoms with E-state index in [9.17, 15) is 9.59 Å². The molecule has 0 spiro atoms. The van der Waals surface area contributed by atoms with Gasteiger partial charge in [-0.15, -0.1) is 0 Å². The van der Waals surface area contributed by atoms with Gasteiger partial charge in [-0.05, 0) is 41.2 Å². The second-order valence-electron chi connectivity index (χ2n) is 10.0. The average molecular weight is 452 g/mol. The predicted octanol–water partition coefficient (Wildman–Crippen LogP) is 4.10. The highest BCUT2D eigenvalue weighted by Gasteiger charge is 2.31. The molecule has 0 aliphatic carbocycles. The van der Waals surface area contributed by atoms with Crippen molar-refractivity contribution in [2.24, 2.45) is 5.92 Å². The van der Waals surface area contributed by atoms with Crippen LogP contribution in [0.5, 0.6) is 5.75 Å². The second-order valence-corrected chi connectivity index (χ2v) is 10.0. The number of amides is 2. The number of methoxy groups -OCH3 is 1. The van der Waals surface area contributed by atoms with E-state index in [2.05, 4.69) is 31.0 Å². The van der Waals surface area contributed by atoms with E-state index in [-0.39, 0.29) is 23.1 Å². The van der Waals surface area contributed by atoms with Gasteiger partial charge < -0.3 is 19.9 Å². The van der Waals surface area contributed by atoms with Crippen LogP contribution in [0, 0.1) is 5.92 Å². The molecule has 0 bridgehead atoms. The van der Waals surface area contributed by atoms with Gasteiger partial charge in [0.2, 0.25) is 5.91 Å². The van der Waals surface area contributed by atoms with Crippen LogP contribution in [0.4, 0.5) is 5.69 Å². The number of hydrogen-bond donors (Lipinski definition) is 1. The Balaban J connectivity index is 1.64. The topological polar surface area (TPSA) is 61.9 Å². The first-order chi connectivity index (χ1) is 15.6. The van der Waals surface area contributed by atoms with Crippen LogP contribution in [-0.4, -0.2) is 56.0 Å². The van der Waals surface area contributed by atoms with E-state index in [0.717, 1.165) is 24.5 Å². The van der Waals surface area contributed by atoms with Crippen LogP contribution in [0.3, 0.4) is 0 Å². The lowest BCUT2D eigenvalue weighted by Crippen LogP contribution is -2.56. The molecule has 1 heterocycles. The van der Waals surface area contributed by atoms with Crippen molar-refractivity contribution in [1.82, 2.24) is 10.2 Å². The van der Waals surface area contributed by atoms with E-state index in [1.54, 1.807) is 7.11 Å². The lowest BCUT2D eigenvalue weighted by molar-refractivity contribution is -0.134. The number of piperazine rings is 1. The summed E-state index contributed by atoms with van der Waals surface area (Å²) in [7, 11) is 1.67. The first kappa shape index (κ1) is 24.6. The van der Waals surface area contributed by atoms with Crippen molar-refractivity contribution >= 4 is 17.5 Å². The summed E-state index contributed by atoms with van der Waals surface area (Å²) in [6.07, 6.45) is 0. The molecule has 2 amide bonds. The largest absolute Gasteiger partial charge is 0.495 e. The summed E-state index contributed by atoms with van der Waals surface area (Å²) in [4.78, 5) is 30.3. The number of nitrogens with zero attached hydrogens (tertiary/aromatic N) is 2. The fraction of sp³-hybridized carbons (Fsp3) is 0.481. The van der Waals surface area contributed by atoms with E-state index in [1.165, 1.54) is 5.56 Å². The molecule has 33 heavy (non-hydrogen) atoms. The number of carbonyl (C=O) groups is 2. The molecular weight excluding hydrogens is 414 g/mol. The normalized spacial score (nSPS) is 15.4. The summed E-state index contributed by atoms with van der Waals surface area (Å²) in [5, 5.41) is 2.99. The molecule has 2 aromatic carbocycles. The van der Waals surface area contributed by atoms with Crippen molar-refractivity contribution in [1.29, 1.82) is 0 Å². The summed E-state index contributed by atoms with van der Waals surface area (Å²) >= 11 is 0. The van der Waals surface area contributed by atoms with Gasteiger partial charge in [-0.2, -0.15) is 0 Å². The van der Waals surface area contributed by atoms with Gasteiger partial charge in [-0.1, -0.05) is 58.9 Å². The smallest absolute Gasteiger partial charge is 0.251 e. The van der Waals surface area contributed by atoms with Gasteiger partial charge in [-0.3, -0.25) is 9.59 Å². The lowest BCUT2D eigenvalue weighted by Gasteiger charge is -2.38. The van der Waals surface area contributed by atoms with E-state index in [4.69, 9.17) is 4.74 Å². The van der Waals surface area contributed by atoms with Gasteiger partial charge in [-0.25, -0.2) is 0 Å². The van der Waals surface area contributed by atoms with E-state index < -0.39 is 6.04 Å². The Morgan fingerprint density at radius 2 is 1.55 bits per heavy atom. The summed E-state index contributed by atoms with van der Waals surface area (Å²) in [5.41, 5.74) is 2.81. The van der Waals surface area contributed by atoms with Crippen LogP contribution in [0.15, 0.2) is 48.5 Å². The molecule has 1 saturated heterocycles. The van der Waals surface area contributed by atoms with E-state index in [1.807, 2.05) is 67.3 Å². The van der Waals surface area contributed by atoms with Crippen molar-refractivity contribution in [3.63, 3.8) is 0 Å². The summed E-state index contributed by atoms with van der Waals surface area (Å²) in [5.74, 6) is 0.587. The minimum atomic E-state index is -0.558.